The zero-order valence-corrected chi connectivity index (χ0v) is 9.37. The highest BCUT2D eigenvalue weighted by molar-refractivity contribution is 5.93. The Morgan fingerprint density at radius 2 is 1.94 bits per heavy atom. The molecule has 1 rings (SSSR count). The lowest BCUT2D eigenvalue weighted by Crippen LogP contribution is -2.06. The molecule has 0 heterocycles. The van der Waals surface area contributed by atoms with Crippen LogP contribution in [-0.4, -0.2) is 27.3 Å². The molecule has 0 spiro atoms. The number of terminal acetylenes is 1. The highest BCUT2D eigenvalue weighted by Crippen LogP contribution is 2.28. The first-order valence-corrected chi connectivity index (χ1v) is 4.48. The SMILES string of the molecule is C#Cc1c(OC)cc(OC)cc1C(=O)OC. The number of methoxy groups -OCH3 is 3. The first kappa shape index (κ1) is 11.9. The van der Waals surface area contributed by atoms with E-state index in [1.165, 1.54) is 27.4 Å². The maximum Gasteiger partial charge on any atom is 0.339 e. The van der Waals surface area contributed by atoms with Crippen molar-refractivity contribution in [2.75, 3.05) is 21.3 Å². The summed E-state index contributed by atoms with van der Waals surface area (Å²) in [6, 6.07) is 3.13. The van der Waals surface area contributed by atoms with Gasteiger partial charge in [0.05, 0.1) is 32.5 Å². The fourth-order valence-corrected chi connectivity index (χ4v) is 1.29. The summed E-state index contributed by atoms with van der Waals surface area (Å²) in [4.78, 5) is 11.5. The van der Waals surface area contributed by atoms with E-state index in [0.29, 0.717) is 17.1 Å². The van der Waals surface area contributed by atoms with Gasteiger partial charge in [0.2, 0.25) is 0 Å². The minimum atomic E-state index is -0.523. The molecular formula is C12H12O4. The summed E-state index contributed by atoms with van der Waals surface area (Å²) in [6.45, 7) is 0. The largest absolute Gasteiger partial charge is 0.497 e. The molecular weight excluding hydrogens is 208 g/mol. The van der Waals surface area contributed by atoms with Gasteiger partial charge in [0, 0.05) is 6.07 Å². The van der Waals surface area contributed by atoms with Crippen molar-refractivity contribution in [2.24, 2.45) is 0 Å². The molecule has 84 valence electrons. The van der Waals surface area contributed by atoms with Crippen LogP contribution >= 0.6 is 0 Å². The fraction of sp³-hybridized carbons (Fsp3) is 0.250. The number of hydrogen-bond donors (Lipinski definition) is 0. The number of benzene rings is 1. The predicted octanol–water partition coefficient (Wildman–Crippen LogP) is 1.47. The van der Waals surface area contributed by atoms with Gasteiger partial charge in [-0.1, -0.05) is 5.92 Å². The van der Waals surface area contributed by atoms with Crippen LogP contribution in [0.15, 0.2) is 12.1 Å². The maximum absolute atomic E-state index is 11.5. The van der Waals surface area contributed by atoms with Crippen molar-refractivity contribution < 1.29 is 19.0 Å². The lowest BCUT2D eigenvalue weighted by molar-refractivity contribution is 0.0599. The molecule has 0 saturated heterocycles. The molecule has 0 atom stereocenters. The van der Waals surface area contributed by atoms with E-state index in [0.717, 1.165) is 0 Å². The quantitative estimate of drug-likeness (QED) is 0.571. The fourth-order valence-electron chi connectivity index (χ4n) is 1.29. The van der Waals surface area contributed by atoms with E-state index >= 15 is 0 Å². The van der Waals surface area contributed by atoms with Gasteiger partial charge in [-0.15, -0.1) is 6.42 Å². The summed E-state index contributed by atoms with van der Waals surface area (Å²) in [7, 11) is 4.25. The topological polar surface area (TPSA) is 44.8 Å². The second-order valence-electron chi connectivity index (χ2n) is 2.89. The van der Waals surface area contributed by atoms with Crippen molar-refractivity contribution in [3.8, 4) is 23.8 Å². The van der Waals surface area contributed by atoms with Gasteiger partial charge in [-0.25, -0.2) is 4.79 Å². The summed E-state index contributed by atoms with van der Waals surface area (Å²) in [5.41, 5.74) is 0.608. The van der Waals surface area contributed by atoms with E-state index in [-0.39, 0.29) is 5.56 Å². The standard InChI is InChI=1S/C12H12O4/c1-5-9-10(12(13)16-4)6-8(14-2)7-11(9)15-3/h1,6-7H,2-4H3. The molecule has 16 heavy (non-hydrogen) atoms. The van der Waals surface area contributed by atoms with Crippen LogP contribution in [0.4, 0.5) is 0 Å². The molecule has 0 unspecified atom stereocenters. The Balaban J connectivity index is 3.44. The first-order valence-electron chi connectivity index (χ1n) is 4.48. The Labute approximate surface area is 94.1 Å². The molecule has 0 radical (unpaired) electrons. The van der Waals surface area contributed by atoms with Gasteiger partial charge >= 0.3 is 5.97 Å². The van der Waals surface area contributed by atoms with Gasteiger partial charge in [-0.2, -0.15) is 0 Å². The van der Waals surface area contributed by atoms with Gasteiger partial charge in [-0.05, 0) is 6.07 Å². The van der Waals surface area contributed by atoms with Crippen LogP contribution < -0.4 is 9.47 Å². The van der Waals surface area contributed by atoms with Crippen LogP contribution in [-0.2, 0) is 4.74 Å². The second kappa shape index (κ2) is 5.08. The average molecular weight is 220 g/mol. The highest BCUT2D eigenvalue weighted by Gasteiger charge is 2.17. The zero-order valence-electron chi connectivity index (χ0n) is 9.37. The van der Waals surface area contributed by atoms with Crippen LogP contribution in [0, 0.1) is 12.3 Å². The average Bonchev–Trinajstić information content (AvgIpc) is 2.35. The predicted molar refractivity (Wildman–Crippen MR) is 58.8 cm³/mol. The molecule has 0 bridgehead atoms. The van der Waals surface area contributed by atoms with Crippen molar-refractivity contribution in [1.82, 2.24) is 0 Å². The van der Waals surface area contributed by atoms with Crippen molar-refractivity contribution in [1.29, 1.82) is 0 Å². The van der Waals surface area contributed by atoms with Crippen molar-refractivity contribution >= 4 is 5.97 Å². The Bertz CT molecular complexity index is 443. The molecule has 1 aromatic rings. The molecule has 0 saturated carbocycles. The molecule has 0 aliphatic heterocycles. The lowest BCUT2D eigenvalue weighted by Gasteiger charge is -2.10. The monoisotopic (exact) mass is 220 g/mol. The maximum atomic E-state index is 11.5. The summed E-state index contributed by atoms with van der Waals surface area (Å²) >= 11 is 0. The highest BCUT2D eigenvalue weighted by atomic mass is 16.5. The van der Waals surface area contributed by atoms with Gasteiger partial charge < -0.3 is 14.2 Å². The van der Waals surface area contributed by atoms with Crippen LogP contribution in [0.3, 0.4) is 0 Å². The molecule has 0 N–H and O–H groups in total. The van der Waals surface area contributed by atoms with E-state index in [1.807, 2.05) is 0 Å². The van der Waals surface area contributed by atoms with Crippen molar-refractivity contribution in [3.63, 3.8) is 0 Å². The molecule has 0 fully saturated rings. The molecule has 0 aliphatic rings. The molecule has 4 nitrogen and oxygen atoms in total. The van der Waals surface area contributed by atoms with Crippen molar-refractivity contribution in [2.45, 2.75) is 0 Å². The Kier molecular flexibility index (Phi) is 3.78. The normalized spacial score (nSPS) is 9.12. The van der Waals surface area contributed by atoms with Gasteiger partial charge in [0.1, 0.15) is 11.5 Å². The summed E-state index contributed by atoms with van der Waals surface area (Å²) in [5, 5.41) is 0. The first-order chi connectivity index (χ1) is 7.67. The third-order valence-electron chi connectivity index (χ3n) is 2.08. The summed E-state index contributed by atoms with van der Waals surface area (Å²) < 4.78 is 14.8. The van der Waals surface area contributed by atoms with Crippen LogP contribution in [0.25, 0.3) is 0 Å². The van der Waals surface area contributed by atoms with Gasteiger partial charge in [-0.3, -0.25) is 0 Å². The third kappa shape index (κ3) is 2.09. The minimum Gasteiger partial charge on any atom is -0.497 e. The van der Waals surface area contributed by atoms with Gasteiger partial charge in [0.15, 0.2) is 0 Å². The lowest BCUT2D eigenvalue weighted by atomic mass is 10.1. The second-order valence-corrected chi connectivity index (χ2v) is 2.89. The summed E-state index contributed by atoms with van der Waals surface area (Å²) in [5.74, 6) is 2.76. The van der Waals surface area contributed by atoms with Crippen molar-refractivity contribution in [3.05, 3.63) is 23.3 Å². The zero-order chi connectivity index (χ0) is 12.1. The molecule has 4 heteroatoms. The van der Waals surface area contributed by atoms with E-state index in [9.17, 15) is 4.79 Å². The Morgan fingerprint density at radius 3 is 2.38 bits per heavy atom. The Hall–Kier alpha value is -2.15. The molecule has 0 aromatic heterocycles. The van der Waals surface area contributed by atoms with E-state index in [1.54, 1.807) is 6.07 Å². The smallest absolute Gasteiger partial charge is 0.339 e. The molecule has 0 aliphatic carbocycles. The van der Waals surface area contributed by atoms with Gasteiger partial charge in [0.25, 0.3) is 0 Å². The van der Waals surface area contributed by atoms with Crippen LogP contribution in [0.2, 0.25) is 0 Å². The number of carbonyl (C=O) groups is 1. The number of esters is 1. The minimum absolute atomic E-state index is 0.251. The number of rotatable bonds is 3. The molecule has 1 aromatic carbocycles. The van der Waals surface area contributed by atoms with Crippen LogP contribution in [0.1, 0.15) is 15.9 Å². The summed E-state index contributed by atoms with van der Waals surface area (Å²) in [6.07, 6.45) is 5.33. The van der Waals surface area contributed by atoms with E-state index < -0.39 is 5.97 Å². The number of ether oxygens (including phenoxy) is 3. The third-order valence-corrected chi connectivity index (χ3v) is 2.08. The number of carbonyl (C=O) groups excluding carboxylic acids is 1. The van der Waals surface area contributed by atoms with Crippen LogP contribution in [0.5, 0.6) is 11.5 Å². The molecule has 0 amide bonds. The number of hydrogen-bond acceptors (Lipinski definition) is 4. The Morgan fingerprint density at radius 1 is 1.25 bits per heavy atom. The van der Waals surface area contributed by atoms with E-state index in [4.69, 9.17) is 15.9 Å². The van der Waals surface area contributed by atoms with E-state index in [2.05, 4.69) is 10.7 Å².